The fourth-order valence-electron chi connectivity index (χ4n) is 2.69. The summed E-state index contributed by atoms with van der Waals surface area (Å²) in [6, 6.07) is 11.3. The molecule has 3 heteroatoms. The van der Waals surface area contributed by atoms with Gasteiger partial charge in [0.1, 0.15) is 0 Å². The van der Waals surface area contributed by atoms with E-state index in [1.54, 1.807) is 0 Å². The molecule has 0 radical (unpaired) electrons. The number of nitrogens with one attached hydrogen (secondary N) is 1. The summed E-state index contributed by atoms with van der Waals surface area (Å²) in [5.41, 5.74) is 1.42. The predicted molar refractivity (Wildman–Crippen MR) is 81.4 cm³/mol. The normalized spacial score (nSPS) is 20.9. The Morgan fingerprint density at radius 2 is 2.00 bits per heavy atom. The van der Waals surface area contributed by atoms with E-state index in [1.165, 1.54) is 38.0 Å². The van der Waals surface area contributed by atoms with E-state index in [0.29, 0.717) is 6.04 Å². The molecule has 106 valence electrons. The van der Waals surface area contributed by atoms with Crippen LogP contribution >= 0.6 is 0 Å². The van der Waals surface area contributed by atoms with Crippen LogP contribution in [-0.2, 0) is 0 Å². The molecule has 0 saturated carbocycles. The second-order valence-corrected chi connectivity index (χ2v) is 5.73. The lowest BCUT2D eigenvalue weighted by Crippen LogP contribution is -2.46. The van der Waals surface area contributed by atoms with Gasteiger partial charge >= 0.3 is 0 Å². The smallest absolute Gasteiger partial charge is 0.0449 e. The van der Waals surface area contributed by atoms with Crippen molar-refractivity contribution in [2.75, 3.05) is 46.8 Å². The summed E-state index contributed by atoms with van der Waals surface area (Å²) in [6.07, 6.45) is 2.60. The first-order valence-corrected chi connectivity index (χ1v) is 7.41. The lowest BCUT2D eigenvalue weighted by atomic mass is 10.0. The Hall–Kier alpha value is -0.900. The minimum atomic E-state index is 0.504. The first-order chi connectivity index (χ1) is 9.25. The van der Waals surface area contributed by atoms with E-state index in [2.05, 4.69) is 59.5 Å². The molecule has 1 aliphatic heterocycles. The average Bonchev–Trinajstić information content (AvgIpc) is 2.45. The van der Waals surface area contributed by atoms with Crippen LogP contribution in [0.5, 0.6) is 0 Å². The minimum Gasteiger partial charge on any atom is -0.309 e. The van der Waals surface area contributed by atoms with Crippen LogP contribution in [-0.4, -0.2) is 56.6 Å². The van der Waals surface area contributed by atoms with Gasteiger partial charge in [0, 0.05) is 25.7 Å². The van der Waals surface area contributed by atoms with Crippen molar-refractivity contribution in [3.8, 4) is 0 Å². The number of unbranched alkanes of at least 4 members (excludes halogenated alkanes) is 1. The Kier molecular flexibility index (Phi) is 5.83. The molecule has 1 heterocycles. The molecule has 1 aliphatic rings. The summed E-state index contributed by atoms with van der Waals surface area (Å²) < 4.78 is 0. The van der Waals surface area contributed by atoms with Crippen molar-refractivity contribution < 1.29 is 0 Å². The summed E-state index contributed by atoms with van der Waals surface area (Å²) in [5.74, 6) is 0. The lowest BCUT2D eigenvalue weighted by Gasteiger charge is -2.34. The Balaban J connectivity index is 1.75. The van der Waals surface area contributed by atoms with E-state index < -0.39 is 0 Å². The predicted octanol–water partition coefficient (Wildman–Crippen LogP) is 1.97. The van der Waals surface area contributed by atoms with Crippen LogP contribution in [0.1, 0.15) is 24.4 Å². The monoisotopic (exact) mass is 261 g/mol. The first-order valence-electron chi connectivity index (χ1n) is 7.41. The Morgan fingerprint density at radius 3 is 2.74 bits per heavy atom. The molecule has 0 aromatic heterocycles. The molecule has 0 amide bonds. The summed E-state index contributed by atoms with van der Waals surface area (Å²) in [7, 11) is 4.30. The third-order valence-electron chi connectivity index (χ3n) is 3.79. The molecule has 19 heavy (non-hydrogen) atoms. The van der Waals surface area contributed by atoms with Crippen LogP contribution in [0, 0.1) is 0 Å². The molecule has 1 aromatic carbocycles. The van der Waals surface area contributed by atoms with E-state index in [1.807, 2.05) is 0 Å². The van der Waals surface area contributed by atoms with E-state index in [9.17, 15) is 0 Å². The molecule has 0 aliphatic carbocycles. The topological polar surface area (TPSA) is 18.5 Å². The molecule has 0 bridgehead atoms. The highest BCUT2D eigenvalue weighted by atomic mass is 15.2. The first kappa shape index (κ1) is 14.5. The molecule has 1 fully saturated rings. The summed E-state index contributed by atoms with van der Waals surface area (Å²) in [5, 5.41) is 3.62. The Labute approximate surface area is 117 Å². The summed E-state index contributed by atoms with van der Waals surface area (Å²) in [4.78, 5) is 4.87. The maximum absolute atomic E-state index is 3.62. The highest BCUT2D eigenvalue weighted by Gasteiger charge is 2.19. The minimum absolute atomic E-state index is 0.504. The molecule has 1 N–H and O–H groups in total. The van der Waals surface area contributed by atoms with Gasteiger partial charge in [0.15, 0.2) is 0 Å². The van der Waals surface area contributed by atoms with Crippen molar-refractivity contribution in [3.05, 3.63) is 35.9 Å². The maximum Gasteiger partial charge on any atom is 0.0449 e. The number of hydrogen-bond donors (Lipinski definition) is 1. The zero-order chi connectivity index (χ0) is 13.5. The number of piperazine rings is 1. The molecular formula is C16H27N3. The van der Waals surface area contributed by atoms with Crippen molar-refractivity contribution in [1.29, 1.82) is 0 Å². The maximum atomic E-state index is 3.62. The lowest BCUT2D eigenvalue weighted by molar-refractivity contribution is 0.195. The fraction of sp³-hybridized carbons (Fsp3) is 0.625. The van der Waals surface area contributed by atoms with E-state index in [-0.39, 0.29) is 0 Å². The number of rotatable bonds is 6. The van der Waals surface area contributed by atoms with Gasteiger partial charge in [-0.3, -0.25) is 0 Å². The van der Waals surface area contributed by atoms with Gasteiger partial charge in [0.05, 0.1) is 0 Å². The van der Waals surface area contributed by atoms with Crippen molar-refractivity contribution in [1.82, 2.24) is 15.1 Å². The van der Waals surface area contributed by atoms with E-state index in [0.717, 1.165) is 13.1 Å². The molecule has 3 nitrogen and oxygen atoms in total. The van der Waals surface area contributed by atoms with Crippen LogP contribution in [0.15, 0.2) is 30.3 Å². The van der Waals surface area contributed by atoms with E-state index in [4.69, 9.17) is 0 Å². The van der Waals surface area contributed by atoms with Crippen molar-refractivity contribution in [2.45, 2.75) is 18.9 Å². The van der Waals surface area contributed by atoms with Gasteiger partial charge in [0.25, 0.3) is 0 Å². The summed E-state index contributed by atoms with van der Waals surface area (Å²) >= 11 is 0. The highest BCUT2D eigenvalue weighted by molar-refractivity contribution is 5.19. The highest BCUT2D eigenvalue weighted by Crippen LogP contribution is 2.17. The molecular weight excluding hydrogens is 234 g/mol. The van der Waals surface area contributed by atoms with Gasteiger partial charge in [-0.15, -0.1) is 0 Å². The second kappa shape index (κ2) is 7.63. The van der Waals surface area contributed by atoms with Gasteiger partial charge in [-0.1, -0.05) is 30.3 Å². The molecule has 2 rings (SSSR count). The van der Waals surface area contributed by atoms with Crippen molar-refractivity contribution in [3.63, 3.8) is 0 Å². The van der Waals surface area contributed by atoms with Gasteiger partial charge in [-0.05, 0) is 45.6 Å². The molecule has 1 atom stereocenters. The number of nitrogens with zero attached hydrogens (tertiary/aromatic N) is 2. The van der Waals surface area contributed by atoms with Gasteiger partial charge in [0.2, 0.25) is 0 Å². The van der Waals surface area contributed by atoms with Gasteiger partial charge < -0.3 is 15.1 Å². The molecule has 0 spiro atoms. The summed E-state index contributed by atoms with van der Waals surface area (Å²) in [6.45, 7) is 5.87. The zero-order valence-corrected chi connectivity index (χ0v) is 12.3. The van der Waals surface area contributed by atoms with Crippen LogP contribution in [0.3, 0.4) is 0 Å². The van der Waals surface area contributed by atoms with E-state index >= 15 is 0 Å². The van der Waals surface area contributed by atoms with Crippen LogP contribution in [0.25, 0.3) is 0 Å². The van der Waals surface area contributed by atoms with Gasteiger partial charge in [-0.25, -0.2) is 0 Å². The quantitative estimate of drug-likeness (QED) is 0.790. The number of hydrogen-bond acceptors (Lipinski definition) is 3. The molecule has 1 aromatic rings. The molecule has 1 saturated heterocycles. The standard InChI is InChI=1S/C16H27N3/c1-18(2)11-6-7-12-19-13-10-17-16(14-19)15-8-4-3-5-9-15/h3-5,8-9,16-17H,6-7,10-14H2,1-2H3. The number of benzene rings is 1. The third kappa shape index (κ3) is 4.94. The average molecular weight is 261 g/mol. The fourth-order valence-corrected chi connectivity index (χ4v) is 2.69. The molecule has 1 unspecified atom stereocenters. The zero-order valence-electron chi connectivity index (χ0n) is 12.3. The van der Waals surface area contributed by atoms with Crippen molar-refractivity contribution in [2.24, 2.45) is 0 Å². The van der Waals surface area contributed by atoms with Crippen LogP contribution in [0.4, 0.5) is 0 Å². The SMILES string of the molecule is CN(C)CCCCN1CCNC(c2ccccc2)C1. The van der Waals surface area contributed by atoms with Crippen molar-refractivity contribution >= 4 is 0 Å². The Morgan fingerprint density at radius 1 is 1.21 bits per heavy atom. The second-order valence-electron chi connectivity index (χ2n) is 5.73. The Bertz CT molecular complexity index is 350. The largest absolute Gasteiger partial charge is 0.309 e. The van der Waals surface area contributed by atoms with Gasteiger partial charge in [-0.2, -0.15) is 0 Å². The van der Waals surface area contributed by atoms with Crippen LogP contribution in [0.2, 0.25) is 0 Å². The van der Waals surface area contributed by atoms with Crippen LogP contribution < -0.4 is 5.32 Å². The third-order valence-corrected chi connectivity index (χ3v) is 3.79.